The number of nitrogens with zero attached hydrogens (tertiary/aromatic N) is 6. The zero-order valence-corrected chi connectivity index (χ0v) is 19.5. The number of aromatic nitrogens is 4. The normalized spacial score (nSPS) is 16.8. The summed E-state index contributed by atoms with van der Waals surface area (Å²) < 4.78 is 0. The number of aromatic hydroxyl groups is 1. The maximum atomic E-state index is 10.2. The van der Waals surface area contributed by atoms with Gasteiger partial charge in [-0.3, -0.25) is 5.41 Å². The summed E-state index contributed by atoms with van der Waals surface area (Å²) in [4.78, 5) is 13.7. The van der Waals surface area contributed by atoms with Gasteiger partial charge in [0.25, 0.3) is 0 Å². The molecule has 3 aromatic rings. The molecule has 2 fully saturated rings. The lowest BCUT2D eigenvalue weighted by molar-refractivity contribution is 0.477. The first-order valence-corrected chi connectivity index (χ1v) is 11.9. The fraction of sp³-hybridized carbons (Fsp3) is 0.375. The number of nitrogen functional groups attached to an aromatic ring is 1. The summed E-state index contributed by atoms with van der Waals surface area (Å²) in [6.07, 6.45) is 5.57. The average Bonchev–Trinajstić information content (AvgIpc) is 2.90. The first-order valence-electron chi connectivity index (χ1n) is 11.9. The molecule has 5 rings (SSSR count). The van der Waals surface area contributed by atoms with Crippen LogP contribution in [-0.2, 0) is 0 Å². The second-order valence-electron chi connectivity index (χ2n) is 8.81. The predicted octanol–water partition coefficient (Wildman–Crippen LogP) is 1.41. The van der Waals surface area contributed by atoms with Crippen LogP contribution in [0.4, 0.5) is 17.3 Å². The van der Waals surface area contributed by atoms with Crippen molar-refractivity contribution in [3.63, 3.8) is 0 Å². The summed E-state index contributed by atoms with van der Waals surface area (Å²) in [5, 5.41) is 33.3. The lowest BCUT2D eigenvalue weighted by Crippen LogP contribution is -2.43. The Morgan fingerprint density at radius 1 is 1.03 bits per heavy atom. The fourth-order valence-corrected chi connectivity index (χ4v) is 4.53. The van der Waals surface area contributed by atoms with Gasteiger partial charge in [-0.25, -0.2) is 9.97 Å². The van der Waals surface area contributed by atoms with E-state index in [-0.39, 0.29) is 17.6 Å². The molecule has 2 aromatic heterocycles. The molecule has 0 spiro atoms. The molecule has 35 heavy (non-hydrogen) atoms. The van der Waals surface area contributed by atoms with Crippen LogP contribution < -0.4 is 26.2 Å². The molecule has 0 amide bonds. The zero-order valence-electron chi connectivity index (χ0n) is 19.5. The summed E-state index contributed by atoms with van der Waals surface area (Å²) in [6, 6.07) is 8.94. The third-order valence-electron chi connectivity index (χ3n) is 6.47. The minimum Gasteiger partial charge on any atom is -0.507 e. The Labute approximate surface area is 203 Å². The van der Waals surface area contributed by atoms with Crippen molar-refractivity contribution in [2.45, 2.75) is 18.9 Å². The van der Waals surface area contributed by atoms with Gasteiger partial charge in [0.1, 0.15) is 11.6 Å². The van der Waals surface area contributed by atoms with Crippen molar-refractivity contribution < 1.29 is 5.11 Å². The number of para-hydroxylation sites is 1. The molecule has 2 aliphatic rings. The molecule has 0 radical (unpaired) electrons. The third kappa shape index (κ3) is 5.09. The Kier molecular flexibility index (Phi) is 6.57. The molecule has 6 N–H and O–H groups in total. The van der Waals surface area contributed by atoms with Gasteiger partial charge in [0.05, 0.1) is 29.5 Å². The number of piperidine rings is 1. The molecular formula is C24H30N10O. The van der Waals surface area contributed by atoms with Crippen LogP contribution in [0.2, 0.25) is 0 Å². The van der Waals surface area contributed by atoms with Gasteiger partial charge in [0, 0.05) is 50.9 Å². The van der Waals surface area contributed by atoms with E-state index in [0.717, 1.165) is 63.7 Å². The van der Waals surface area contributed by atoms with Crippen LogP contribution in [0.15, 0.2) is 42.7 Å². The Bertz CT molecular complexity index is 1170. The molecule has 1 aromatic carbocycles. The molecule has 0 bridgehead atoms. The fourth-order valence-electron chi connectivity index (χ4n) is 4.53. The van der Waals surface area contributed by atoms with E-state index < -0.39 is 0 Å². The maximum Gasteiger partial charge on any atom is 0.225 e. The van der Waals surface area contributed by atoms with Gasteiger partial charge in [0.15, 0.2) is 5.69 Å². The largest absolute Gasteiger partial charge is 0.507 e. The summed E-state index contributed by atoms with van der Waals surface area (Å²) in [7, 11) is 0. The van der Waals surface area contributed by atoms with Crippen LogP contribution in [0.5, 0.6) is 5.75 Å². The highest BCUT2D eigenvalue weighted by Gasteiger charge is 2.23. The summed E-state index contributed by atoms with van der Waals surface area (Å²) >= 11 is 0. The second kappa shape index (κ2) is 10.1. The van der Waals surface area contributed by atoms with Crippen molar-refractivity contribution >= 4 is 23.2 Å². The predicted molar refractivity (Wildman–Crippen MR) is 136 cm³/mol. The topological polar surface area (TPSA) is 152 Å². The maximum absolute atomic E-state index is 10.2. The molecule has 2 saturated heterocycles. The van der Waals surface area contributed by atoms with Gasteiger partial charge >= 0.3 is 0 Å². The van der Waals surface area contributed by atoms with E-state index in [9.17, 15) is 5.11 Å². The second-order valence-corrected chi connectivity index (χ2v) is 8.81. The van der Waals surface area contributed by atoms with Gasteiger partial charge < -0.3 is 31.3 Å². The van der Waals surface area contributed by atoms with Crippen molar-refractivity contribution in [2.75, 3.05) is 54.4 Å². The average molecular weight is 475 g/mol. The van der Waals surface area contributed by atoms with Gasteiger partial charge in [-0.15, -0.1) is 10.2 Å². The van der Waals surface area contributed by atoms with E-state index in [2.05, 4.69) is 40.6 Å². The number of hydrogen-bond acceptors (Lipinski definition) is 10. The number of nitrogens with two attached hydrogens (primary N) is 1. The number of anilines is 3. The van der Waals surface area contributed by atoms with Crippen LogP contribution >= 0.6 is 0 Å². The minimum atomic E-state index is -0.153. The van der Waals surface area contributed by atoms with Gasteiger partial charge in [-0.05, 0) is 31.0 Å². The first kappa shape index (κ1) is 22.8. The van der Waals surface area contributed by atoms with Crippen LogP contribution in [-0.4, -0.2) is 76.4 Å². The Hall–Kier alpha value is -3.99. The Morgan fingerprint density at radius 2 is 1.74 bits per heavy atom. The van der Waals surface area contributed by atoms with Crippen LogP contribution in [0.3, 0.4) is 0 Å². The molecular weight excluding hydrogens is 444 g/mol. The number of nitrogens with one attached hydrogen (secondary N) is 3. The SMILES string of the molecule is N=C(N)c1nnc(-c2ccccc2O)cc1NC1CCN(c2ncc(N3CCNCC3)cn2)CC1. The molecule has 0 atom stereocenters. The molecule has 0 unspecified atom stereocenters. The lowest BCUT2D eigenvalue weighted by atomic mass is 10.0. The number of rotatable bonds is 6. The van der Waals surface area contributed by atoms with Gasteiger partial charge in [0.2, 0.25) is 5.95 Å². The molecule has 182 valence electrons. The van der Waals surface area contributed by atoms with Crippen molar-refractivity contribution in [3.05, 3.63) is 48.4 Å². The van der Waals surface area contributed by atoms with Crippen molar-refractivity contribution in [1.82, 2.24) is 25.5 Å². The van der Waals surface area contributed by atoms with Crippen LogP contribution in [0, 0.1) is 5.41 Å². The highest BCUT2D eigenvalue weighted by atomic mass is 16.3. The van der Waals surface area contributed by atoms with Crippen molar-refractivity contribution in [3.8, 4) is 17.0 Å². The van der Waals surface area contributed by atoms with Crippen LogP contribution in [0.25, 0.3) is 11.3 Å². The monoisotopic (exact) mass is 474 g/mol. The van der Waals surface area contributed by atoms with E-state index in [1.165, 1.54) is 0 Å². The number of hydrogen-bond donors (Lipinski definition) is 5. The summed E-state index contributed by atoms with van der Waals surface area (Å²) in [5.41, 5.74) is 8.87. The number of benzene rings is 1. The van der Waals surface area contributed by atoms with Crippen LogP contribution in [0.1, 0.15) is 18.5 Å². The summed E-state index contributed by atoms with van der Waals surface area (Å²) in [5.74, 6) is 0.720. The van der Waals surface area contributed by atoms with E-state index >= 15 is 0 Å². The first-order chi connectivity index (χ1) is 17.1. The third-order valence-corrected chi connectivity index (χ3v) is 6.47. The Balaban J connectivity index is 1.25. The number of phenolic OH excluding ortho intramolecular Hbond substituents is 1. The standard InChI is InChI=1S/C24H30N10O/c25-23(26)22-20(13-19(31-32-22)18-3-1-2-4-21(18)35)30-16-5-9-34(10-6-16)24-28-14-17(15-29-24)33-11-7-27-8-12-33/h1-4,13-16,27,35H,5-12H2,(H3,25,26)(H,30,31). The highest BCUT2D eigenvalue weighted by Crippen LogP contribution is 2.30. The van der Waals surface area contributed by atoms with E-state index in [1.54, 1.807) is 24.3 Å². The number of piperazine rings is 1. The van der Waals surface area contributed by atoms with Crippen molar-refractivity contribution in [1.29, 1.82) is 5.41 Å². The molecule has 2 aliphatic heterocycles. The molecule has 0 aliphatic carbocycles. The molecule has 0 saturated carbocycles. The van der Waals surface area contributed by atoms with Gasteiger partial charge in [-0.2, -0.15) is 0 Å². The molecule has 11 nitrogen and oxygen atoms in total. The number of amidine groups is 1. The van der Waals surface area contributed by atoms with Crippen molar-refractivity contribution in [2.24, 2.45) is 5.73 Å². The quantitative estimate of drug-likeness (QED) is 0.262. The molecule has 4 heterocycles. The lowest BCUT2D eigenvalue weighted by Gasteiger charge is -2.33. The summed E-state index contributed by atoms with van der Waals surface area (Å²) in [6.45, 7) is 5.52. The molecule has 11 heteroatoms. The van der Waals surface area contributed by atoms with Gasteiger partial charge in [-0.1, -0.05) is 12.1 Å². The van der Waals surface area contributed by atoms with E-state index in [0.29, 0.717) is 22.6 Å². The van der Waals surface area contributed by atoms with E-state index in [1.807, 2.05) is 18.5 Å². The Morgan fingerprint density at radius 3 is 2.43 bits per heavy atom. The minimum absolute atomic E-state index is 0.125. The number of phenols is 1. The van der Waals surface area contributed by atoms with E-state index in [4.69, 9.17) is 11.1 Å². The highest BCUT2D eigenvalue weighted by molar-refractivity contribution is 5.98. The smallest absolute Gasteiger partial charge is 0.225 e. The zero-order chi connectivity index (χ0) is 24.2.